The molecule has 3 aromatic rings. The molecule has 32 heavy (non-hydrogen) atoms. The lowest BCUT2D eigenvalue weighted by molar-refractivity contribution is -0.150. The van der Waals surface area contributed by atoms with Crippen molar-refractivity contribution in [2.24, 2.45) is 0 Å². The number of para-hydroxylation sites is 1. The van der Waals surface area contributed by atoms with Gasteiger partial charge < -0.3 is 4.74 Å². The normalized spacial score (nSPS) is 16.3. The highest BCUT2D eigenvalue weighted by atomic mass is 32.2. The molecule has 1 aliphatic heterocycles. The molecule has 1 aliphatic rings. The summed E-state index contributed by atoms with van der Waals surface area (Å²) in [5, 5.41) is 9.47. The molecule has 0 unspecified atom stereocenters. The van der Waals surface area contributed by atoms with Gasteiger partial charge in [-0.2, -0.15) is 9.57 Å². The fourth-order valence-electron chi connectivity index (χ4n) is 3.84. The highest BCUT2D eigenvalue weighted by Gasteiger charge is 2.38. The number of sulfonamides is 1. The van der Waals surface area contributed by atoms with Gasteiger partial charge in [-0.05, 0) is 23.3 Å². The molecule has 0 aliphatic carbocycles. The van der Waals surface area contributed by atoms with Gasteiger partial charge in [-0.15, -0.1) is 0 Å². The third-order valence-electron chi connectivity index (χ3n) is 5.42. The Balaban J connectivity index is 1.63. The Morgan fingerprint density at radius 2 is 1.88 bits per heavy atom. The molecule has 10 heteroatoms. The van der Waals surface area contributed by atoms with Crippen LogP contribution in [0.3, 0.4) is 0 Å². The van der Waals surface area contributed by atoms with Gasteiger partial charge in [-0.3, -0.25) is 14.2 Å². The highest BCUT2D eigenvalue weighted by molar-refractivity contribution is 7.88. The number of fused-ring (bicyclic) bond motifs is 2. The van der Waals surface area contributed by atoms with Crippen LogP contribution in [0.15, 0.2) is 53.3 Å². The van der Waals surface area contributed by atoms with Crippen LogP contribution in [-0.2, 0) is 45.7 Å². The maximum Gasteiger partial charge on any atom is 0.325 e. The van der Waals surface area contributed by atoms with Crippen molar-refractivity contribution in [2.75, 3.05) is 6.26 Å². The Kier molecular flexibility index (Phi) is 5.78. The van der Waals surface area contributed by atoms with Crippen LogP contribution in [0.25, 0.3) is 10.9 Å². The molecular formula is C22H20N4O5S. The first-order valence-corrected chi connectivity index (χ1v) is 11.7. The van der Waals surface area contributed by atoms with Crippen molar-refractivity contribution in [1.29, 1.82) is 5.26 Å². The summed E-state index contributed by atoms with van der Waals surface area (Å²) in [6, 6.07) is 14.9. The fraction of sp³-hybridized carbons (Fsp3) is 0.273. The summed E-state index contributed by atoms with van der Waals surface area (Å²) in [7, 11) is -3.68. The zero-order chi connectivity index (χ0) is 22.9. The van der Waals surface area contributed by atoms with Gasteiger partial charge in [0.2, 0.25) is 10.0 Å². The summed E-state index contributed by atoms with van der Waals surface area (Å²) in [5.41, 5.74) is 1.72. The lowest BCUT2D eigenvalue weighted by Crippen LogP contribution is -2.48. The second-order valence-corrected chi connectivity index (χ2v) is 9.43. The summed E-state index contributed by atoms with van der Waals surface area (Å²) in [6.07, 6.45) is 1.23. The number of hydrogen-bond acceptors (Lipinski definition) is 7. The third kappa shape index (κ3) is 4.12. The van der Waals surface area contributed by atoms with Gasteiger partial charge in [0.25, 0.3) is 5.56 Å². The van der Waals surface area contributed by atoms with Crippen LogP contribution in [0.1, 0.15) is 17.0 Å². The second kappa shape index (κ2) is 8.53. The summed E-state index contributed by atoms with van der Waals surface area (Å²) in [6.45, 7) is -0.547. The Bertz CT molecular complexity index is 1410. The van der Waals surface area contributed by atoms with Crippen molar-refractivity contribution in [3.05, 3.63) is 75.8 Å². The van der Waals surface area contributed by atoms with E-state index in [1.165, 1.54) is 0 Å². The van der Waals surface area contributed by atoms with Gasteiger partial charge in [0.1, 0.15) is 19.2 Å². The average molecular weight is 452 g/mol. The zero-order valence-corrected chi connectivity index (χ0v) is 18.1. The van der Waals surface area contributed by atoms with E-state index in [0.29, 0.717) is 10.9 Å². The Morgan fingerprint density at radius 3 is 2.59 bits per heavy atom. The number of benzene rings is 2. The number of nitriles is 1. The molecule has 0 saturated carbocycles. The molecule has 9 nitrogen and oxygen atoms in total. The third-order valence-corrected chi connectivity index (χ3v) is 6.65. The molecular weight excluding hydrogens is 432 g/mol. The van der Waals surface area contributed by atoms with Gasteiger partial charge in [0.05, 0.1) is 23.2 Å². The molecule has 0 N–H and O–H groups in total. The second-order valence-electron chi connectivity index (χ2n) is 7.50. The van der Waals surface area contributed by atoms with Crippen LogP contribution >= 0.6 is 0 Å². The highest BCUT2D eigenvalue weighted by Crippen LogP contribution is 2.26. The van der Waals surface area contributed by atoms with E-state index in [0.717, 1.165) is 26.3 Å². The first-order valence-electron chi connectivity index (χ1n) is 9.85. The average Bonchev–Trinajstić information content (AvgIpc) is 2.78. The standard InChI is InChI=1S/C22H20N4O5S/c1-32(29,30)26-13-16-7-3-2-6-15(16)12-19(26)22(28)31-14-20-24-18-9-5-4-8-17(18)21(27)25(20)11-10-23/h2-9,19H,11-14H2,1H3/t19-/m1/s1. The quantitative estimate of drug-likeness (QED) is 0.536. The minimum Gasteiger partial charge on any atom is -0.456 e. The number of nitrogens with zero attached hydrogens (tertiary/aromatic N) is 4. The summed E-state index contributed by atoms with van der Waals surface area (Å²) >= 11 is 0. The minimum absolute atomic E-state index is 0.0716. The molecule has 164 valence electrons. The first kappa shape index (κ1) is 21.7. The van der Waals surface area contributed by atoms with Crippen LogP contribution in [-0.4, -0.2) is 40.5 Å². The zero-order valence-electron chi connectivity index (χ0n) is 17.3. The topological polar surface area (TPSA) is 122 Å². The number of hydrogen-bond donors (Lipinski definition) is 0. The SMILES string of the molecule is CS(=O)(=O)N1Cc2ccccc2C[C@@H]1C(=O)OCc1nc2ccccc2c(=O)n1CC#N. The molecule has 1 aromatic heterocycles. The van der Waals surface area contributed by atoms with E-state index in [4.69, 9.17) is 10.00 Å². The molecule has 0 fully saturated rings. The van der Waals surface area contributed by atoms with Gasteiger partial charge in [0, 0.05) is 13.0 Å². The number of aromatic nitrogens is 2. The van der Waals surface area contributed by atoms with E-state index >= 15 is 0 Å². The predicted molar refractivity (Wildman–Crippen MR) is 116 cm³/mol. The van der Waals surface area contributed by atoms with Crippen LogP contribution in [0.2, 0.25) is 0 Å². The molecule has 4 rings (SSSR count). The number of carbonyl (C=O) groups is 1. The molecule has 2 heterocycles. The van der Waals surface area contributed by atoms with Crippen molar-refractivity contribution in [2.45, 2.75) is 32.2 Å². The van der Waals surface area contributed by atoms with Crippen LogP contribution in [0.5, 0.6) is 0 Å². The maximum atomic E-state index is 12.9. The molecule has 0 spiro atoms. The Morgan fingerprint density at radius 1 is 1.19 bits per heavy atom. The summed E-state index contributed by atoms with van der Waals surface area (Å²) in [4.78, 5) is 30.1. The number of rotatable bonds is 5. The van der Waals surface area contributed by atoms with Crippen molar-refractivity contribution in [3.8, 4) is 6.07 Å². The molecule has 0 radical (unpaired) electrons. The first-order chi connectivity index (χ1) is 15.3. The summed E-state index contributed by atoms with van der Waals surface area (Å²) < 4.78 is 32.4. The lowest BCUT2D eigenvalue weighted by Gasteiger charge is -2.33. The monoisotopic (exact) mass is 452 g/mol. The Labute approximate surface area is 184 Å². The summed E-state index contributed by atoms with van der Waals surface area (Å²) in [5.74, 6) is -0.624. The molecule has 0 saturated heterocycles. The number of esters is 1. The predicted octanol–water partition coefficient (Wildman–Crippen LogP) is 1.35. The van der Waals surface area contributed by atoms with Gasteiger partial charge >= 0.3 is 5.97 Å². The van der Waals surface area contributed by atoms with E-state index in [-0.39, 0.29) is 31.9 Å². The molecule has 0 bridgehead atoms. The largest absolute Gasteiger partial charge is 0.456 e. The molecule has 1 atom stereocenters. The van der Waals surface area contributed by atoms with Crippen LogP contribution in [0.4, 0.5) is 0 Å². The van der Waals surface area contributed by atoms with Crippen molar-refractivity contribution >= 4 is 26.9 Å². The van der Waals surface area contributed by atoms with Crippen molar-refractivity contribution < 1.29 is 17.9 Å². The van der Waals surface area contributed by atoms with E-state index in [1.807, 2.05) is 30.3 Å². The van der Waals surface area contributed by atoms with E-state index in [9.17, 15) is 18.0 Å². The van der Waals surface area contributed by atoms with Crippen molar-refractivity contribution in [3.63, 3.8) is 0 Å². The van der Waals surface area contributed by atoms with Crippen LogP contribution < -0.4 is 5.56 Å². The van der Waals surface area contributed by atoms with Gasteiger partial charge in [-0.25, -0.2) is 13.4 Å². The number of carbonyl (C=O) groups excluding carboxylic acids is 1. The fourth-order valence-corrected chi connectivity index (χ4v) is 4.83. The van der Waals surface area contributed by atoms with Crippen LogP contribution in [0, 0.1) is 11.3 Å². The lowest BCUT2D eigenvalue weighted by atomic mass is 9.96. The van der Waals surface area contributed by atoms with Crippen molar-refractivity contribution in [1.82, 2.24) is 13.9 Å². The van der Waals surface area contributed by atoms with E-state index in [1.54, 1.807) is 24.3 Å². The minimum atomic E-state index is -3.68. The van der Waals surface area contributed by atoms with E-state index in [2.05, 4.69) is 4.98 Å². The Hall–Kier alpha value is -3.55. The number of ether oxygens (including phenoxy) is 1. The van der Waals surface area contributed by atoms with Gasteiger partial charge in [-0.1, -0.05) is 36.4 Å². The smallest absolute Gasteiger partial charge is 0.325 e. The molecule has 2 aromatic carbocycles. The van der Waals surface area contributed by atoms with Gasteiger partial charge in [0.15, 0.2) is 5.82 Å². The van der Waals surface area contributed by atoms with E-state index < -0.39 is 27.6 Å². The molecule has 0 amide bonds. The maximum absolute atomic E-state index is 12.9.